The largest absolute Gasteiger partial charge is 0.461 e. The third-order valence-corrected chi connectivity index (χ3v) is 6.04. The van der Waals surface area contributed by atoms with Gasteiger partial charge in [-0.15, -0.1) is 0 Å². The van der Waals surface area contributed by atoms with Crippen molar-refractivity contribution in [2.45, 2.75) is 64.3 Å². The molecule has 160 valence electrons. The Morgan fingerprint density at radius 1 is 1.38 bits per heavy atom. The molecule has 2 aromatic rings. The first kappa shape index (κ1) is 21.6. The van der Waals surface area contributed by atoms with Crippen LogP contribution in [0.1, 0.15) is 39.5 Å². The molecular formula is C17H27N6O5P. The van der Waals surface area contributed by atoms with E-state index in [2.05, 4.69) is 20.0 Å². The van der Waals surface area contributed by atoms with Crippen molar-refractivity contribution in [3.63, 3.8) is 0 Å². The summed E-state index contributed by atoms with van der Waals surface area (Å²) in [4.78, 5) is 34.4. The lowest BCUT2D eigenvalue weighted by Gasteiger charge is -2.21. The molecule has 12 heteroatoms. The van der Waals surface area contributed by atoms with Gasteiger partial charge in [0.25, 0.3) is 7.52 Å². The fourth-order valence-corrected chi connectivity index (χ4v) is 4.50. The van der Waals surface area contributed by atoms with Crippen LogP contribution in [0, 0.1) is 0 Å². The van der Waals surface area contributed by atoms with E-state index in [-0.39, 0.29) is 11.9 Å². The van der Waals surface area contributed by atoms with Crippen molar-refractivity contribution in [3.8, 4) is 0 Å². The molecule has 2 heterocycles. The molecule has 1 fully saturated rings. The Morgan fingerprint density at radius 2 is 2.10 bits per heavy atom. The van der Waals surface area contributed by atoms with Crippen LogP contribution in [0.2, 0.25) is 0 Å². The van der Waals surface area contributed by atoms with E-state index in [1.165, 1.54) is 13.3 Å². The molecule has 3 atom stereocenters. The van der Waals surface area contributed by atoms with E-state index in [0.29, 0.717) is 17.7 Å². The lowest BCUT2D eigenvalue weighted by molar-refractivity contribution is -0.150. The van der Waals surface area contributed by atoms with Gasteiger partial charge in [-0.25, -0.2) is 20.0 Å². The first-order chi connectivity index (χ1) is 13.7. The number of nitrogens with one attached hydrogen (secondary N) is 1. The van der Waals surface area contributed by atoms with E-state index in [9.17, 15) is 14.3 Å². The van der Waals surface area contributed by atoms with Crippen LogP contribution in [0.4, 0.5) is 5.82 Å². The molecule has 1 aliphatic rings. The summed E-state index contributed by atoms with van der Waals surface area (Å²) in [5, 5.41) is 2.44. The Bertz CT molecular complexity index is 900. The molecule has 0 spiro atoms. The number of nitrogens with zero attached hydrogens (tertiary/aromatic N) is 4. The lowest BCUT2D eigenvalue weighted by atomic mass is 10.3. The maximum atomic E-state index is 12.4. The maximum absolute atomic E-state index is 12.4. The van der Waals surface area contributed by atoms with Crippen LogP contribution >= 0.6 is 7.52 Å². The number of rotatable bonds is 9. The molecule has 1 unspecified atom stereocenters. The van der Waals surface area contributed by atoms with Crippen LogP contribution < -0.4 is 10.8 Å². The fourth-order valence-electron chi connectivity index (χ4n) is 3.26. The number of anilines is 1. The molecule has 4 N–H and O–H groups in total. The summed E-state index contributed by atoms with van der Waals surface area (Å²) in [6, 6.07) is -0.900. The van der Waals surface area contributed by atoms with Crippen molar-refractivity contribution in [2.24, 2.45) is 0 Å². The number of hydrogen-bond acceptors (Lipinski definition) is 8. The van der Waals surface area contributed by atoms with Gasteiger partial charge in [-0.3, -0.25) is 9.36 Å². The zero-order valence-electron chi connectivity index (χ0n) is 16.5. The highest BCUT2D eigenvalue weighted by atomic mass is 31.2. The molecule has 29 heavy (non-hydrogen) atoms. The maximum Gasteiger partial charge on any atom is 0.323 e. The standard InChI is InChI=1S/C17H27N6O5P/c1-11(7-23-9-21-14-15(18)19-8-20-16(14)23)27-10-29(25,26)22-12(2)17(24)28-13-5-3-4-6-13/h8-9,11-13H,3-7,10H2,1-2H3,(H2,18,19,20)(H2,22,25,26)/t11-,12-/m1/s1. The Hall–Kier alpha value is -2.07. The second-order valence-corrected chi connectivity index (χ2v) is 9.25. The van der Waals surface area contributed by atoms with Crippen molar-refractivity contribution in [3.05, 3.63) is 12.7 Å². The van der Waals surface area contributed by atoms with Gasteiger partial charge in [-0.1, -0.05) is 0 Å². The number of hydrogen-bond donors (Lipinski definition) is 3. The van der Waals surface area contributed by atoms with Gasteiger partial charge in [0.15, 0.2) is 11.5 Å². The summed E-state index contributed by atoms with van der Waals surface area (Å²) in [7, 11) is -3.89. The van der Waals surface area contributed by atoms with Crippen molar-refractivity contribution >= 4 is 30.5 Å². The van der Waals surface area contributed by atoms with Gasteiger partial charge in [0.2, 0.25) is 0 Å². The number of nitrogens with two attached hydrogens (primary N) is 1. The Labute approximate surface area is 168 Å². The number of carbonyl (C=O) groups excluding carboxylic acids is 1. The molecule has 0 saturated heterocycles. The van der Waals surface area contributed by atoms with E-state index in [0.717, 1.165) is 25.7 Å². The smallest absolute Gasteiger partial charge is 0.323 e. The van der Waals surface area contributed by atoms with E-state index in [4.69, 9.17) is 15.2 Å². The highest BCUT2D eigenvalue weighted by Gasteiger charge is 2.29. The van der Waals surface area contributed by atoms with E-state index >= 15 is 0 Å². The third-order valence-electron chi connectivity index (χ3n) is 4.75. The topological polar surface area (TPSA) is 154 Å². The fraction of sp³-hybridized carbons (Fsp3) is 0.647. The van der Waals surface area contributed by atoms with Crippen LogP contribution in [0.5, 0.6) is 0 Å². The predicted octanol–water partition coefficient (Wildman–Crippen LogP) is 1.42. The first-order valence-corrected chi connectivity index (χ1v) is 11.4. The quantitative estimate of drug-likeness (QED) is 0.396. The summed E-state index contributed by atoms with van der Waals surface area (Å²) in [5.41, 5.74) is 6.81. The Morgan fingerprint density at radius 3 is 2.83 bits per heavy atom. The molecule has 1 aliphatic carbocycles. The zero-order valence-corrected chi connectivity index (χ0v) is 17.4. The molecule has 11 nitrogen and oxygen atoms in total. The van der Waals surface area contributed by atoms with Crippen LogP contribution in [-0.2, 0) is 25.4 Å². The highest BCUT2D eigenvalue weighted by Crippen LogP contribution is 2.36. The summed E-state index contributed by atoms with van der Waals surface area (Å²) < 4.78 is 25.0. The van der Waals surface area contributed by atoms with Gasteiger partial charge in [0, 0.05) is 0 Å². The van der Waals surface area contributed by atoms with Gasteiger partial charge < -0.3 is 24.7 Å². The number of imidazole rings is 1. The summed E-state index contributed by atoms with van der Waals surface area (Å²) in [6.07, 6.45) is 5.72. The number of ether oxygens (including phenoxy) is 2. The Balaban J connectivity index is 1.49. The van der Waals surface area contributed by atoms with Crippen molar-refractivity contribution in [1.82, 2.24) is 24.6 Å². The zero-order chi connectivity index (χ0) is 21.0. The van der Waals surface area contributed by atoms with Gasteiger partial charge in [0.1, 0.15) is 30.3 Å². The number of esters is 1. The lowest BCUT2D eigenvalue weighted by Crippen LogP contribution is -2.36. The van der Waals surface area contributed by atoms with Crippen LogP contribution in [0.25, 0.3) is 11.2 Å². The molecule has 2 aromatic heterocycles. The van der Waals surface area contributed by atoms with Crippen LogP contribution in [0.15, 0.2) is 12.7 Å². The SMILES string of the molecule is C[C@H](Cn1cnc2c(N)ncnc21)OCP(=O)(O)N[C@H](C)C(=O)OC1CCCC1. The van der Waals surface area contributed by atoms with Crippen LogP contribution in [0.3, 0.4) is 0 Å². The summed E-state index contributed by atoms with van der Waals surface area (Å²) in [6.45, 7) is 3.62. The number of aromatic nitrogens is 4. The Kier molecular flexibility index (Phi) is 6.84. The van der Waals surface area contributed by atoms with E-state index in [1.54, 1.807) is 17.8 Å². The average molecular weight is 426 g/mol. The monoisotopic (exact) mass is 426 g/mol. The number of carbonyl (C=O) groups is 1. The third kappa shape index (κ3) is 5.72. The minimum absolute atomic E-state index is 0.0936. The first-order valence-electron chi connectivity index (χ1n) is 9.58. The molecular weight excluding hydrogens is 399 g/mol. The van der Waals surface area contributed by atoms with Gasteiger partial charge in [-0.05, 0) is 39.5 Å². The van der Waals surface area contributed by atoms with Crippen molar-refractivity contribution in [1.29, 1.82) is 0 Å². The average Bonchev–Trinajstić information content (AvgIpc) is 3.31. The molecule has 0 radical (unpaired) electrons. The molecule has 0 amide bonds. The second kappa shape index (κ2) is 9.17. The second-order valence-electron chi connectivity index (χ2n) is 7.33. The van der Waals surface area contributed by atoms with E-state index in [1.807, 2.05) is 0 Å². The van der Waals surface area contributed by atoms with E-state index < -0.39 is 32.0 Å². The number of fused-ring (bicyclic) bond motifs is 1. The van der Waals surface area contributed by atoms with Crippen molar-refractivity contribution in [2.75, 3.05) is 12.1 Å². The van der Waals surface area contributed by atoms with Crippen molar-refractivity contribution < 1.29 is 23.7 Å². The molecule has 1 saturated carbocycles. The molecule has 0 bridgehead atoms. The normalized spacial score (nSPS) is 19.1. The molecule has 0 aliphatic heterocycles. The minimum atomic E-state index is -3.89. The minimum Gasteiger partial charge on any atom is -0.461 e. The number of nitrogen functional groups attached to an aromatic ring is 1. The highest BCUT2D eigenvalue weighted by molar-refractivity contribution is 7.55. The van der Waals surface area contributed by atoms with Gasteiger partial charge in [0.05, 0.1) is 19.0 Å². The van der Waals surface area contributed by atoms with Gasteiger partial charge in [-0.2, -0.15) is 0 Å². The predicted molar refractivity (Wildman–Crippen MR) is 106 cm³/mol. The molecule has 0 aromatic carbocycles. The summed E-state index contributed by atoms with van der Waals surface area (Å²) in [5.74, 6) is -0.244. The molecule has 3 rings (SSSR count). The summed E-state index contributed by atoms with van der Waals surface area (Å²) >= 11 is 0. The van der Waals surface area contributed by atoms with Crippen LogP contribution in [-0.4, -0.2) is 55.0 Å². The van der Waals surface area contributed by atoms with Gasteiger partial charge >= 0.3 is 5.97 Å².